The molecule has 0 saturated carbocycles. The summed E-state index contributed by atoms with van der Waals surface area (Å²) in [7, 11) is 5.48. The summed E-state index contributed by atoms with van der Waals surface area (Å²) in [5, 5.41) is 7.71. The quantitative estimate of drug-likeness (QED) is 0.382. The molecule has 1 atom stereocenters. The molecule has 2 aromatic rings. The molecule has 8 heteroatoms. The number of likely N-dealkylation sites (tertiary alicyclic amines) is 1. The average Bonchev–Trinajstić information content (AvgIpc) is 3.34. The number of halogens is 1. The number of amides is 1. The van der Waals surface area contributed by atoms with Gasteiger partial charge in [-0.2, -0.15) is 5.10 Å². The Hall–Kier alpha value is -2.10. The zero-order chi connectivity index (χ0) is 20.1. The molecule has 0 spiro atoms. The first-order valence-electron chi connectivity index (χ1n) is 9.80. The molecule has 1 aromatic heterocycles. The fourth-order valence-corrected chi connectivity index (χ4v) is 3.48. The van der Waals surface area contributed by atoms with Gasteiger partial charge in [0, 0.05) is 58.5 Å². The molecule has 1 N–H and O–H groups in total. The first-order chi connectivity index (χ1) is 13.5. The van der Waals surface area contributed by atoms with E-state index in [1.54, 1.807) is 19.0 Å². The Labute approximate surface area is 190 Å². The zero-order valence-corrected chi connectivity index (χ0v) is 20.0. The summed E-state index contributed by atoms with van der Waals surface area (Å²) in [6.45, 7) is 5.46. The molecule has 158 valence electrons. The maximum atomic E-state index is 12.0. The zero-order valence-electron chi connectivity index (χ0n) is 17.6. The normalized spacial score (nSPS) is 16.5. The average molecular weight is 510 g/mol. The topological polar surface area (TPSA) is 65.8 Å². The highest BCUT2D eigenvalue weighted by atomic mass is 127. The molecule has 1 fully saturated rings. The summed E-state index contributed by atoms with van der Waals surface area (Å²) in [6, 6.07) is 7.70. The lowest BCUT2D eigenvalue weighted by atomic mass is 10.0. The Morgan fingerprint density at radius 2 is 2.03 bits per heavy atom. The van der Waals surface area contributed by atoms with Crippen LogP contribution in [0.3, 0.4) is 0 Å². The molecular formula is C21H31IN6O. The number of rotatable bonds is 5. The van der Waals surface area contributed by atoms with Crippen LogP contribution in [0.4, 0.5) is 0 Å². The van der Waals surface area contributed by atoms with Crippen molar-refractivity contribution in [3.05, 3.63) is 53.3 Å². The molecule has 1 aliphatic heterocycles. The van der Waals surface area contributed by atoms with Gasteiger partial charge < -0.3 is 15.1 Å². The molecule has 1 unspecified atom stereocenters. The van der Waals surface area contributed by atoms with Crippen LogP contribution in [0.1, 0.15) is 40.7 Å². The number of hydrogen-bond donors (Lipinski definition) is 1. The van der Waals surface area contributed by atoms with Crippen molar-refractivity contribution in [3.63, 3.8) is 0 Å². The van der Waals surface area contributed by atoms with Gasteiger partial charge in [-0.1, -0.05) is 12.1 Å². The van der Waals surface area contributed by atoms with Gasteiger partial charge in [-0.25, -0.2) is 4.99 Å². The highest BCUT2D eigenvalue weighted by Gasteiger charge is 2.26. The Balaban J connectivity index is 0.00000300. The predicted octanol–water partition coefficient (Wildman–Crippen LogP) is 2.69. The van der Waals surface area contributed by atoms with Crippen LogP contribution in [0.15, 0.2) is 41.7 Å². The molecule has 29 heavy (non-hydrogen) atoms. The highest BCUT2D eigenvalue weighted by Crippen LogP contribution is 2.26. The SMILES string of the molecule is CCNC(=NCc1ccc(C(=O)N(C)C)cc1)N1CCC(c2cnn(C)c2)C1.I. The third kappa shape index (κ3) is 5.94. The van der Waals surface area contributed by atoms with Crippen molar-refractivity contribution in [2.24, 2.45) is 12.0 Å². The monoisotopic (exact) mass is 510 g/mol. The number of aromatic nitrogens is 2. The number of nitrogens with zero attached hydrogens (tertiary/aromatic N) is 5. The first kappa shape index (κ1) is 23.2. The second-order valence-electron chi connectivity index (χ2n) is 7.45. The van der Waals surface area contributed by atoms with Gasteiger partial charge >= 0.3 is 0 Å². The summed E-state index contributed by atoms with van der Waals surface area (Å²) in [5.41, 5.74) is 3.08. The minimum Gasteiger partial charge on any atom is -0.357 e. The van der Waals surface area contributed by atoms with Crippen LogP contribution in [-0.2, 0) is 13.6 Å². The van der Waals surface area contributed by atoms with Crippen molar-refractivity contribution in [2.75, 3.05) is 33.7 Å². The van der Waals surface area contributed by atoms with Crippen molar-refractivity contribution in [1.29, 1.82) is 0 Å². The van der Waals surface area contributed by atoms with E-state index in [2.05, 4.69) is 28.4 Å². The number of guanidine groups is 1. The molecule has 0 bridgehead atoms. The Kier molecular flexibility index (Phi) is 8.48. The molecule has 0 aliphatic carbocycles. The Morgan fingerprint density at radius 1 is 1.31 bits per heavy atom. The molecule has 1 saturated heterocycles. The summed E-state index contributed by atoms with van der Waals surface area (Å²) in [6.07, 6.45) is 5.18. The third-order valence-corrected chi connectivity index (χ3v) is 5.04. The van der Waals surface area contributed by atoms with E-state index in [1.807, 2.05) is 42.2 Å². The summed E-state index contributed by atoms with van der Waals surface area (Å²) in [5.74, 6) is 1.46. The summed E-state index contributed by atoms with van der Waals surface area (Å²) in [4.78, 5) is 20.7. The summed E-state index contributed by atoms with van der Waals surface area (Å²) >= 11 is 0. The van der Waals surface area contributed by atoms with Crippen LogP contribution in [0.25, 0.3) is 0 Å². The van der Waals surface area contributed by atoms with Gasteiger partial charge in [-0.15, -0.1) is 24.0 Å². The van der Waals surface area contributed by atoms with Crippen LogP contribution in [-0.4, -0.2) is 65.2 Å². The maximum Gasteiger partial charge on any atom is 0.253 e. The van der Waals surface area contributed by atoms with E-state index in [0.29, 0.717) is 18.0 Å². The van der Waals surface area contributed by atoms with Gasteiger partial charge in [0.15, 0.2) is 5.96 Å². The Bertz CT molecular complexity index is 830. The largest absolute Gasteiger partial charge is 0.357 e. The number of nitrogens with one attached hydrogen (secondary N) is 1. The summed E-state index contributed by atoms with van der Waals surface area (Å²) < 4.78 is 1.86. The minimum absolute atomic E-state index is 0. The van der Waals surface area contributed by atoms with Gasteiger partial charge in [-0.05, 0) is 36.6 Å². The van der Waals surface area contributed by atoms with Crippen molar-refractivity contribution >= 4 is 35.8 Å². The van der Waals surface area contributed by atoms with E-state index in [1.165, 1.54) is 5.56 Å². The number of aliphatic imine (C=N–C) groups is 1. The number of benzene rings is 1. The molecule has 7 nitrogen and oxygen atoms in total. The number of carbonyl (C=O) groups excluding carboxylic acids is 1. The smallest absolute Gasteiger partial charge is 0.253 e. The fraction of sp³-hybridized carbons (Fsp3) is 0.476. The molecule has 0 radical (unpaired) electrons. The van der Waals surface area contributed by atoms with Gasteiger partial charge in [0.1, 0.15) is 0 Å². The highest BCUT2D eigenvalue weighted by molar-refractivity contribution is 14.0. The fourth-order valence-electron chi connectivity index (χ4n) is 3.48. The molecular weight excluding hydrogens is 479 g/mol. The van der Waals surface area contributed by atoms with Crippen molar-refractivity contribution in [3.8, 4) is 0 Å². The van der Waals surface area contributed by atoms with Gasteiger partial charge in [0.2, 0.25) is 0 Å². The third-order valence-electron chi connectivity index (χ3n) is 5.04. The van der Waals surface area contributed by atoms with E-state index in [-0.39, 0.29) is 29.9 Å². The van der Waals surface area contributed by atoms with E-state index in [4.69, 9.17) is 4.99 Å². The lowest BCUT2D eigenvalue weighted by molar-refractivity contribution is 0.0827. The van der Waals surface area contributed by atoms with E-state index in [0.717, 1.165) is 37.6 Å². The lowest BCUT2D eigenvalue weighted by Crippen LogP contribution is -2.40. The number of aryl methyl sites for hydroxylation is 1. The van der Waals surface area contributed by atoms with Gasteiger partial charge in [0.25, 0.3) is 5.91 Å². The predicted molar refractivity (Wildman–Crippen MR) is 127 cm³/mol. The van der Waals surface area contributed by atoms with Crippen LogP contribution >= 0.6 is 24.0 Å². The number of hydrogen-bond acceptors (Lipinski definition) is 3. The maximum absolute atomic E-state index is 12.0. The molecule has 3 rings (SSSR count). The van der Waals surface area contributed by atoms with E-state index < -0.39 is 0 Å². The standard InChI is InChI=1S/C21H30N6O.HI/c1-5-22-21(27-11-10-18(15-27)19-13-24-26(4)14-19)23-12-16-6-8-17(9-7-16)20(28)25(2)3;/h6-9,13-14,18H,5,10-12,15H2,1-4H3,(H,22,23);1H. The van der Waals surface area contributed by atoms with Crippen molar-refractivity contribution < 1.29 is 4.79 Å². The number of carbonyl (C=O) groups is 1. The molecule has 1 aromatic carbocycles. The van der Waals surface area contributed by atoms with Crippen molar-refractivity contribution in [2.45, 2.75) is 25.8 Å². The second-order valence-corrected chi connectivity index (χ2v) is 7.45. The van der Waals surface area contributed by atoms with Crippen molar-refractivity contribution in [1.82, 2.24) is 24.9 Å². The van der Waals surface area contributed by atoms with Gasteiger partial charge in [0.05, 0.1) is 12.7 Å². The van der Waals surface area contributed by atoms with Gasteiger partial charge in [-0.3, -0.25) is 9.48 Å². The van der Waals surface area contributed by atoms with E-state index >= 15 is 0 Å². The second kappa shape index (κ2) is 10.6. The molecule has 1 amide bonds. The lowest BCUT2D eigenvalue weighted by Gasteiger charge is -2.21. The van der Waals surface area contributed by atoms with Crippen LogP contribution in [0, 0.1) is 0 Å². The Morgan fingerprint density at radius 3 is 2.62 bits per heavy atom. The van der Waals surface area contributed by atoms with Crippen LogP contribution in [0.2, 0.25) is 0 Å². The van der Waals surface area contributed by atoms with E-state index in [9.17, 15) is 4.79 Å². The molecule has 2 heterocycles. The first-order valence-corrected chi connectivity index (χ1v) is 9.80. The van der Waals surface area contributed by atoms with Crippen LogP contribution in [0.5, 0.6) is 0 Å². The van der Waals surface area contributed by atoms with Crippen LogP contribution < -0.4 is 5.32 Å². The molecule has 1 aliphatic rings. The minimum atomic E-state index is 0.